The van der Waals surface area contributed by atoms with Crippen molar-refractivity contribution in [2.24, 2.45) is 11.8 Å². The molecule has 142 valence electrons. The van der Waals surface area contributed by atoms with Crippen molar-refractivity contribution in [3.05, 3.63) is 48.3 Å². The van der Waals surface area contributed by atoms with E-state index in [0.29, 0.717) is 11.1 Å². The van der Waals surface area contributed by atoms with Gasteiger partial charge in [-0.15, -0.1) is 0 Å². The third-order valence-electron chi connectivity index (χ3n) is 4.44. The van der Waals surface area contributed by atoms with Crippen LogP contribution in [0.2, 0.25) is 0 Å². The molecule has 6 nitrogen and oxygen atoms in total. The zero-order valence-corrected chi connectivity index (χ0v) is 13.7. The van der Waals surface area contributed by atoms with E-state index in [1.165, 1.54) is 24.8 Å². The molecule has 1 N–H and O–H groups in total. The van der Waals surface area contributed by atoms with E-state index < -0.39 is 54.4 Å². The highest BCUT2D eigenvalue weighted by Gasteiger charge is 2.53. The molecule has 10 heteroatoms. The Kier molecular flexibility index (Phi) is 4.81. The standard InChI is InChI=1S/C17H13F4N3O3/c18-14-3-9(10-4-22-8-23-5-10)1-2-11(14)15(25)24-6-12(16(26)27)13(7-24)17(19,20)21/h1-5,8,12-13H,6-7H2,(H,26,27)/t12-,13-/m1/s1. The number of hydrogen-bond donors (Lipinski definition) is 1. The zero-order chi connectivity index (χ0) is 19.8. The number of carbonyl (C=O) groups is 2. The number of carbonyl (C=O) groups excluding carboxylic acids is 1. The number of alkyl halides is 3. The molecule has 1 aromatic carbocycles. The second-order valence-corrected chi connectivity index (χ2v) is 6.12. The van der Waals surface area contributed by atoms with Crippen molar-refractivity contribution in [3.63, 3.8) is 0 Å². The van der Waals surface area contributed by atoms with Crippen molar-refractivity contribution < 1.29 is 32.3 Å². The maximum atomic E-state index is 14.4. The number of rotatable bonds is 3. The number of amides is 1. The van der Waals surface area contributed by atoms with Crippen molar-refractivity contribution in [2.75, 3.05) is 13.1 Å². The molecule has 0 spiro atoms. The smallest absolute Gasteiger partial charge is 0.394 e. The number of halogens is 4. The molecule has 1 aromatic heterocycles. The SMILES string of the molecule is O=C(O)[C@@H]1CN(C(=O)c2ccc(-c3cncnc3)cc2F)C[C@H]1C(F)(F)F. The number of carboxylic acids is 1. The highest BCUT2D eigenvalue weighted by Crippen LogP contribution is 2.38. The zero-order valence-electron chi connectivity index (χ0n) is 13.7. The summed E-state index contributed by atoms with van der Waals surface area (Å²) < 4.78 is 53.5. The fraction of sp³-hybridized carbons (Fsp3) is 0.294. The fourth-order valence-electron chi connectivity index (χ4n) is 3.04. The van der Waals surface area contributed by atoms with E-state index in [1.54, 1.807) is 0 Å². The van der Waals surface area contributed by atoms with Crippen LogP contribution in [0.15, 0.2) is 36.9 Å². The van der Waals surface area contributed by atoms with Crippen molar-refractivity contribution in [3.8, 4) is 11.1 Å². The second-order valence-electron chi connectivity index (χ2n) is 6.12. The lowest BCUT2D eigenvalue weighted by Gasteiger charge is -2.18. The lowest BCUT2D eigenvalue weighted by molar-refractivity contribution is -0.187. The molecular formula is C17H13F4N3O3. The molecular weight excluding hydrogens is 370 g/mol. The normalized spacial score (nSPS) is 19.9. The lowest BCUT2D eigenvalue weighted by atomic mass is 9.96. The monoisotopic (exact) mass is 383 g/mol. The molecule has 0 bridgehead atoms. The van der Waals surface area contributed by atoms with Gasteiger partial charge in [-0.3, -0.25) is 9.59 Å². The van der Waals surface area contributed by atoms with Crippen LogP contribution in [0.5, 0.6) is 0 Å². The van der Waals surface area contributed by atoms with Gasteiger partial charge in [0.1, 0.15) is 12.1 Å². The Labute approximate surface area is 150 Å². The third kappa shape index (κ3) is 3.74. The number of hydrogen-bond acceptors (Lipinski definition) is 4. The Morgan fingerprint density at radius 1 is 1.11 bits per heavy atom. The van der Waals surface area contributed by atoms with Crippen LogP contribution in [-0.2, 0) is 4.79 Å². The summed E-state index contributed by atoms with van der Waals surface area (Å²) in [7, 11) is 0. The minimum atomic E-state index is -4.77. The Bertz CT molecular complexity index is 873. The van der Waals surface area contributed by atoms with E-state index in [2.05, 4.69) is 9.97 Å². The molecule has 1 amide bonds. The first-order valence-corrected chi connectivity index (χ1v) is 7.82. The molecule has 27 heavy (non-hydrogen) atoms. The number of aromatic nitrogens is 2. The van der Waals surface area contributed by atoms with Crippen LogP contribution in [-0.4, -0.2) is 51.1 Å². The largest absolute Gasteiger partial charge is 0.481 e. The van der Waals surface area contributed by atoms with Crippen LogP contribution < -0.4 is 0 Å². The molecule has 0 unspecified atom stereocenters. The topological polar surface area (TPSA) is 83.4 Å². The molecule has 1 aliphatic rings. The van der Waals surface area contributed by atoms with Crippen LogP contribution in [0.4, 0.5) is 17.6 Å². The highest BCUT2D eigenvalue weighted by atomic mass is 19.4. The molecule has 0 radical (unpaired) electrons. The maximum absolute atomic E-state index is 14.4. The van der Waals surface area contributed by atoms with E-state index in [0.717, 1.165) is 17.0 Å². The molecule has 1 fully saturated rings. The summed E-state index contributed by atoms with van der Waals surface area (Å²) >= 11 is 0. The number of likely N-dealkylation sites (tertiary alicyclic amines) is 1. The first kappa shape index (κ1) is 18.7. The van der Waals surface area contributed by atoms with Crippen molar-refractivity contribution in [1.29, 1.82) is 0 Å². The first-order chi connectivity index (χ1) is 12.7. The molecule has 2 aromatic rings. The van der Waals surface area contributed by atoms with E-state index >= 15 is 0 Å². The van der Waals surface area contributed by atoms with Gasteiger partial charge in [0, 0.05) is 31.0 Å². The molecule has 2 atom stereocenters. The predicted molar refractivity (Wildman–Crippen MR) is 84.0 cm³/mol. The molecule has 0 aliphatic carbocycles. The van der Waals surface area contributed by atoms with Crippen LogP contribution in [0.25, 0.3) is 11.1 Å². The van der Waals surface area contributed by atoms with Crippen LogP contribution in [0.3, 0.4) is 0 Å². The Hall–Kier alpha value is -3.04. The van der Waals surface area contributed by atoms with E-state index in [4.69, 9.17) is 5.11 Å². The van der Waals surface area contributed by atoms with Crippen LogP contribution >= 0.6 is 0 Å². The van der Waals surface area contributed by atoms with Gasteiger partial charge in [-0.2, -0.15) is 13.2 Å². The predicted octanol–water partition coefficient (Wildman–Crippen LogP) is 2.62. The van der Waals surface area contributed by atoms with Gasteiger partial charge in [0.15, 0.2) is 0 Å². The molecule has 1 saturated heterocycles. The first-order valence-electron chi connectivity index (χ1n) is 7.82. The average molecular weight is 383 g/mol. The van der Waals surface area contributed by atoms with Crippen LogP contribution in [0.1, 0.15) is 10.4 Å². The summed E-state index contributed by atoms with van der Waals surface area (Å²) in [6.45, 7) is -1.46. The molecule has 1 aliphatic heterocycles. The highest BCUT2D eigenvalue weighted by molar-refractivity contribution is 5.95. The summed E-state index contributed by atoms with van der Waals surface area (Å²) in [4.78, 5) is 31.9. The van der Waals surface area contributed by atoms with E-state index in [9.17, 15) is 27.2 Å². The van der Waals surface area contributed by atoms with Gasteiger partial charge in [-0.1, -0.05) is 6.07 Å². The Morgan fingerprint density at radius 2 is 1.78 bits per heavy atom. The summed E-state index contributed by atoms with van der Waals surface area (Å²) in [5.74, 6) is -7.53. The fourth-order valence-corrected chi connectivity index (χ4v) is 3.04. The van der Waals surface area contributed by atoms with E-state index in [-0.39, 0.29) is 0 Å². The number of aliphatic carboxylic acids is 1. The van der Waals surface area contributed by atoms with Gasteiger partial charge in [0.25, 0.3) is 5.91 Å². The molecule has 3 rings (SSSR count). The quantitative estimate of drug-likeness (QED) is 0.824. The summed E-state index contributed by atoms with van der Waals surface area (Å²) in [5.41, 5.74) is 0.463. The van der Waals surface area contributed by atoms with E-state index in [1.807, 2.05) is 0 Å². The van der Waals surface area contributed by atoms with Crippen molar-refractivity contribution >= 4 is 11.9 Å². The van der Waals surface area contributed by atoms with Gasteiger partial charge >= 0.3 is 12.1 Å². The Morgan fingerprint density at radius 3 is 2.30 bits per heavy atom. The third-order valence-corrected chi connectivity index (χ3v) is 4.44. The maximum Gasteiger partial charge on any atom is 0.394 e. The van der Waals surface area contributed by atoms with Crippen molar-refractivity contribution in [1.82, 2.24) is 14.9 Å². The van der Waals surface area contributed by atoms with Gasteiger partial charge in [0.2, 0.25) is 0 Å². The van der Waals surface area contributed by atoms with Crippen LogP contribution in [0, 0.1) is 17.7 Å². The van der Waals surface area contributed by atoms with Gasteiger partial charge in [0.05, 0.1) is 17.4 Å². The Balaban J connectivity index is 1.85. The second kappa shape index (κ2) is 6.93. The van der Waals surface area contributed by atoms with Gasteiger partial charge < -0.3 is 10.0 Å². The lowest BCUT2D eigenvalue weighted by Crippen LogP contribution is -2.34. The number of nitrogens with zero attached hydrogens (tertiary/aromatic N) is 3. The minimum Gasteiger partial charge on any atom is -0.481 e. The number of carboxylic acid groups (broad SMARTS) is 1. The number of benzene rings is 1. The molecule has 2 heterocycles. The van der Waals surface area contributed by atoms with Gasteiger partial charge in [-0.05, 0) is 17.7 Å². The average Bonchev–Trinajstić information content (AvgIpc) is 3.08. The summed E-state index contributed by atoms with van der Waals surface area (Å²) in [5, 5.41) is 9.01. The summed E-state index contributed by atoms with van der Waals surface area (Å²) in [6, 6.07) is 3.62. The van der Waals surface area contributed by atoms with Crippen molar-refractivity contribution in [2.45, 2.75) is 6.18 Å². The summed E-state index contributed by atoms with van der Waals surface area (Å²) in [6.07, 6.45) is -0.598. The minimum absolute atomic E-state index is 0.391. The van der Waals surface area contributed by atoms with Gasteiger partial charge in [-0.25, -0.2) is 14.4 Å². The molecule has 0 saturated carbocycles.